The molecule has 4 aromatic rings. The molecular weight excluding hydrogens is 418 g/mol. The third kappa shape index (κ3) is 5.65. The predicted octanol–water partition coefficient (Wildman–Crippen LogP) is 5.10. The third-order valence-corrected chi connectivity index (χ3v) is 5.74. The molecule has 0 radical (unpaired) electrons. The molecule has 3 aromatic carbocycles. The topological polar surface area (TPSA) is 96.2 Å². The van der Waals surface area contributed by atoms with Crippen LogP contribution in [0.1, 0.15) is 11.3 Å². The first-order valence-corrected chi connectivity index (χ1v) is 11.1. The van der Waals surface area contributed by atoms with Gasteiger partial charge in [-0.25, -0.2) is 4.98 Å². The number of hydrogen-bond donors (Lipinski definition) is 3. The minimum atomic E-state index is -0.268. The van der Waals surface area contributed by atoms with Crippen molar-refractivity contribution in [1.82, 2.24) is 9.97 Å². The molecule has 0 unspecified atom stereocenters. The Balaban J connectivity index is 1.52. The van der Waals surface area contributed by atoms with Gasteiger partial charge < -0.3 is 11.1 Å². The molecule has 0 amide bonds. The summed E-state index contributed by atoms with van der Waals surface area (Å²) in [7, 11) is 0. The first-order valence-electron chi connectivity index (χ1n) is 10.1. The summed E-state index contributed by atoms with van der Waals surface area (Å²) in [6, 6.07) is 27.5. The number of hydrogen-bond acceptors (Lipinski definition) is 4. The van der Waals surface area contributed by atoms with E-state index in [0.29, 0.717) is 11.4 Å². The van der Waals surface area contributed by atoms with Crippen molar-refractivity contribution in [3.63, 3.8) is 0 Å². The lowest BCUT2D eigenvalue weighted by Gasteiger charge is -2.11. The molecule has 0 aliphatic heterocycles. The van der Waals surface area contributed by atoms with E-state index in [2.05, 4.69) is 44.5 Å². The monoisotopic (exact) mass is 441 g/mol. The maximum Gasteiger partial charge on any atom is 0.252 e. The highest BCUT2D eigenvalue weighted by atomic mass is 32.2. The lowest BCUT2D eigenvalue weighted by molar-refractivity contribution is 1.04. The van der Waals surface area contributed by atoms with Crippen molar-refractivity contribution < 1.29 is 0 Å². The summed E-state index contributed by atoms with van der Waals surface area (Å²) in [5.41, 5.74) is 10.6. The van der Waals surface area contributed by atoms with Gasteiger partial charge in [-0.1, -0.05) is 66.2 Å². The van der Waals surface area contributed by atoms with Crippen molar-refractivity contribution in [2.24, 2.45) is 10.7 Å². The number of thioether (sulfide) groups is 1. The molecule has 0 saturated carbocycles. The van der Waals surface area contributed by atoms with E-state index >= 15 is 0 Å². The number of guanidine groups is 1. The predicted molar refractivity (Wildman–Crippen MR) is 132 cm³/mol. The van der Waals surface area contributed by atoms with Crippen LogP contribution < -0.4 is 16.6 Å². The van der Waals surface area contributed by atoms with Crippen LogP contribution in [0, 0.1) is 6.92 Å². The SMILES string of the molecule is Cc1ccc(SCc2cc(=O)[nH]c(/N=C(\N)Nc3ccccc3-c3ccccc3)n2)cc1. The summed E-state index contributed by atoms with van der Waals surface area (Å²) in [5.74, 6) is 0.860. The molecule has 160 valence electrons. The fraction of sp³-hybridized carbons (Fsp3) is 0.0800. The van der Waals surface area contributed by atoms with Crippen molar-refractivity contribution in [3.8, 4) is 11.1 Å². The number of nitrogens with zero attached hydrogens (tertiary/aromatic N) is 2. The number of aromatic amines is 1. The van der Waals surface area contributed by atoms with Crippen molar-refractivity contribution in [3.05, 3.63) is 107 Å². The average Bonchev–Trinajstić information content (AvgIpc) is 2.79. The minimum Gasteiger partial charge on any atom is -0.369 e. The zero-order chi connectivity index (χ0) is 22.3. The van der Waals surface area contributed by atoms with Crippen LogP contribution in [-0.2, 0) is 5.75 Å². The molecule has 1 heterocycles. The van der Waals surface area contributed by atoms with Crippen molar-refractivity contribution in [2.45, 2.75) is 17.6 Å². The largest absolute Gasteiger partial charge is 0.369 e. The Hall–Kier alpha value is -3.84. The molecule has 0 fully saturated rings. The van der Waals surface area contributed by atoms with E-state index in [-0.39, 0.29) is 17.5 Å². The highest BCUT2D eigenvalue weighted by Crippen LogP contribution is 2.27. The van der Waals surface area contributed by atoms with Gasteiger partial charge in [-0.3, -0.25) is 9.78 Å². The Morgan fingerprint density at radius 3 is 2.53 bits per heavy atom. The number of benzene rings is 3. The van der Waals surface area contributed by atoms with Crippen LogP contribution in [0.4, 0.5) is 11.6 Å². The Kier molecular flexibility index (Phi) is 6.67. The molecule has 4 rings (SSSR count). The minimum absolute atomic E-state index is 0.139. The normalized spacial score (nSPS) is 11.3. The molecule has 0 saturated heterocycles. The molecule has 4 N–H and O–H groups in total. The number of para-hydroxylation sites is 1. The summed E-state index contributed by atoms with van der Waals surface area (Å²) in [6.45, 7) is 2.05. The quantitative estimate of drug-likeness (QED) is 0.220. The maximum absolute atomic E-state index is 12.1. The van der Waals surface area contributed by atoms with Crippen LogP contribution in [0.5, 0.6) is 0 Å². The maximum atomic E-state index is 12.1. The van der Waals surface area contributed by atoms with Crippen molar-refractivity contribution in [1.29, 1.82) is 0 Å². The van der Waals surface area contributed by atoms with Gasteiger partial charge in [0.2, 0.25) is 11.9 Å². The lowest BCUT2D eigenvalue weighted by Crippen LogP contribution is -2.23. The second kappa shape index (κ2) is 9.98. The van der Waals surface area contributed by atoms with E-state index < -0.39 is 0 Å². The van der Waals surface area contributed by atoms with E-state index in [9.17, 15) is 4.79 Å². The molecular formula is C25H23N5OS. The summed E-state index contributed by atoms with van der Waals surface area (Å²) in [5, 5.41) is 3.12. The highest BCUT2D eigenvalue weighted by molar-refractivity contribution is 7.98. The first kappa shape index (κ1) is 21.4. The molecule has 7 heteroatoms. The standard InChI is InChI=1S/C25H23N5OS/c1-17-11-13-20(14-12-17)32-16-19-15-23(31)29-25(27-19)30-24(26)28-22-10-6-5-9-21(22)18-7-3-2-4-8-18/h2-15H,16H2,1H3,(H4,26,27,28,29,30,31). The Morgan fingerprint density at radius 2 is 1.75 bits per heavy atom. The molecule has 0 aliphatic carbocycles. The summed E-state index contributed by atoms with van der Waals surface area (Å²) in [6.07, 6.45) is 0. The van der Waals surface area contributed by atoms with Crippen LogP contribution in [0.3, 0.4) is 0 Å². The van der Waals surface area contributed by atoms with Gasteiger partial charge in [0.15, 0.2) is 0 Å². The molecule has 32 heavy (non-hydrogen) atoms. The summed E-state index contributed by atoms with van der Waals surface area (Å²) >= 11 is 1.61. The Bertz CT molecular complexity index is 1280. The molecule has 0 spiro atoms. The van der Waals surface area contributed by atoms with Gasteiger partial charge in [0.1, 0.15) is 0 Å². The Morgan fingerprint density at radius 1 is 1.03 bits per heavy atom. The van der Waals surface area contributed by atoms with E-state index in [1.807, 2.05) is 61.5 Å². The van der Waals surface area contributed by atoms with E-state index in [1.54, 1.807) is 11.8 Å². The van der Waals surface area contributed by atoms with E-state index in [0.717, 1.165) is 21.7 Å². The number of rotatable bonds is 6. The number of nitrogens with two attached hydrogens (primary N) is 1. The van der Waals surface area contributed by atoms with Crippen LogP contribution in [-0.4, -0.2) is 15.9 Å². The number of anilines is 1. The van der Waals surface area contributed by atoms with Gasteiger partial charge in [0, 0.05) is 28.0 Å². The second-order valence-electron chi connectivity index (χ2n) is 7.20. The summed E-state index contributed by atoms with van der Waals surface area (Å²) < 4.78 is 0. The van der Waals surface area contributed by atoms with E-state index in [4.69, 9.17) is 5.73 Å². The van der Waals surface area contributed by atoms with Crippen molar-refractivity contribution in [2.75, 3.05) is 5.32 Å². The number of aliphatic imine (C=N–C) groups is 1. The van der Waals surface area contributed by atoms with Gasteiger partial charge in [0.25, 0.3) is 5.56 Å². The van der Waals surface area contributed by atoms with Gasteiger partial charge in [-0.05, 0) is 30.7 Å². The molecule has 0 aliphatic rings. The van der Waals surface area contributed by atoms with Crippen molar-refractivity contribution >= 4 is 29.4 Å². The second-order valence-corrected chi connectivity index (χ2v) is 8.24. The van der Waals surface area contributed by atoms with Gasteiger partial charge in [-0.15, -0.1) is 11.8 Å². The molecule has 1 aromatic heterocycles. The van der Waals surface area contributed by atoms with Gasteiger partial charge in [0.05, 0.1) is 5.69 Å². The van der Waals surface area contributed by atoms with Crippen LogP contribution in [0.25, 0.3) is 11.1 Å². The third-order valence-electron chi connectivity index (χ3n) is 4.69. The first-order chi connectivity index (χ1) is 15.6. The van der Waals surface area contributed by atoms with Crippen LogP contribution in [0.2, 0.25) is 0 Å². The fourth-order valence-corrected chi connectivity index (χ4v) is 3.95. The number of H-pyrrole nitrogens is 1. The molecule has 0 atom stereocenters. The number of nitrogens with one attached hydrogen (secondary N) is 2. The number of aryl methyl sites for hydroxylation is 1. The van der Waals surface area contributed by atoms with Crippen LogP contribution >= 0.6 is 11.8 Å². The molecule has 0 bridgehead atoms. The van der Waals surface area contributed by atoms with Gasteiger partial charge >= 0.3 is 0 Å². The number of aromatic nitrogens is 2. The zero-order valence-corrected chi connectivity index (χ0v) is 18.4. The fourth-order valence-electron chi connectivity index (χ4n) is 3.15. The lowest BCUT2D eigenvalue weighted by atomic mass is 10.0. The zero-order valence-electron chi connectivity index (χ0n) is 17.6. The summed E-state index contributed by atoms with van der Waals surface area (Å²) in [4.78, 5) is 24.6. The van der Waals surface area contributed by atoms with E-state index in [1.165, 1.54) is 11.6 Å². The van der Waals surface area contributed by atoms with Gasteiger partial charge in [-0.2, -0.15) is 4.99 Å². The Labute approximate surface area is 190 Å². The highest BCUT2D eigenvalue weighted by Gasteiger charge is 2.07. The average molecular weight is 442 g/mol. The molecule has 6 nitrogen and oxygen atoms in total. The van der Waals surface area contributed by atoms with Crippen LogP contribution in [0.15, 0.2) is 99.6 Å². The smallest absolute Gasteiger partial charge is 0.252 e.